The normalized spacial score (nSPS) is 23.1. The van der Waals surface area contributed by atoms with E-state index in [2.05, 4.69) is 23.8 Å². The zero-order valence-corrected chi connectivity index (χ0v) is 11.6. The van der Waals surface area contributed by atoms with E-state index in [1.165, 1.54) is 0 Å². The first-order valence-corrected chi connectivity index (χ1v) is 6.44. The molecule has 0 aromatic carbocycles. The molecule has 1 aromatic rings. The molecule has 0 aliphatic carbocycles. The highest BCUT2D eigenvalue weighted by molar-refractivity contribution is 5.80. The topological polar surface area (TPSA) is 92.3 Å². The summed E-state index contributed by atoms with van der Waals surface area (Å²) in [5, 5.41) is 9.14. The molecule has 1 saturated heterocycles. The Bertz CT molecular complexity index is 503. The van der Waals surface area contributed by atoms with Crippen LogP contribution >= 0.6 is 0 Å². The Morgan fingerprint density at radius 3 is 2.74 bits per heavy atom. The van der Waals surface area contributed by atoms with Crippen LogP contribution in [0.5, 0.6) is 0 Å². The van der Waals surface area contributed by atoms with Crippen LogP contribution in [0.3, 0.4) is 0 Å². The first-order chi connectivity index (χ1) is 8.82. The predicted molar refractivity (Wildman–Crippen MR) is 72.2 cm³/mol. The van der Waals surface area contributed by atoms with E-state index in [-0.39, 0.29) is 6.54 Å². The molecule has 104 valence electrons. The molecule has 1 unspecified atom stereocenters. The third-order valence-electron chi connectivity index (χ3n) is 3.46. The van der Waals surface area contributed by atoms with Gasteiger partial charge in [0.2, 0.25) is 5.95 Å². The fraction of sp³-hybridized carbons (Fsp3) is 0.615. The van der Waals surface area contributed by atoms with Gasteiger partial charge in [0.25, 0.3) is 0 Å². The molecule has 1 aliphatic rings. The van der Waals surface area contributed by atoms with Crippen LogP contribution in [0.15, 0.2) is 6.07 Å². The van der Waals surface area contributed by atoms with Crippen LogP contribution in [0.2, 0.25) is 0 Å². The number of rotatable bonds is 3. The zero-order valence-electron chi connectivity index (χ0n) is 11.6. The molecule has 2 heterocycles. The van der Waals surface area contributed by atoms with Gasteiger partial charge in [0, 0.05) is 24.5 Å². The third kappa shape index (κ3) is 2.68. The zero-order chi connectivity index (χ0) is 14.2. The molecule has 1 fully saturated rings. The molecule has 3 N–H and O–H groups in total. The van der Waals surface area contributed by atoms with Gasteiger partial charge in [0.1, 0.15) is 5.54 Å². The van der Waals surface area contributed by atoms with Crippen molar-refractivity contribution in [1.29, 1.82) is 0 Å². The fourth-order valence-electron chi connectivity index (χ4n) is 2.19. The van der Waals surface area contributed by atoms with Crippen molar-refractivity contribution in [2.24, 2.45) is 5.73 Å². The molecule has 1 aromatic heterocycles. The van der Waals surface area contributed by atoms with E-state index in [1.54, 1.807) is 0 Å². The van der Waals surface area contributed by atoms with Crippen molar-refractivity contribution in [3.05, 3.63) is 17.5 Å². The summed E-state index contributed by atoms with van der Waals surface area (Å²) in [6.45, 7) is 6.88. The minimum atomic E-state index is -1.19. The summed E-state index contributed by atoms with van der Waals surface area (Å²) < 4.78 is 0. The Kier molecular flexibility index (Phi) is 3.45. The predicted octanol–water partition coefficient (Wildman–Crippen LogP) is 0.901. The standard InChI is InChI=1S/C13H20N4O2/c1-8(2)10-6-9(3)15-12(16-10)17-5-4-13(14,7-17)11(18)19/h6,8H,4-5,7,14H2,1-3H3,(H,18,19). The number of nitrogens with zero attached hydrogens (tertiary/aromatic N) is 3. The average Bonchev–Trinajstić information content (AvgIpc) is 2.72. The number of anilines is 1. The van der Waals surface area contributed by atoms with Crippen molar-refractivity contribution in [2.75, 3.05) is 18.0 Å². The number of carbonyl (C=O) groups is 1. The number of aromatic nitrogens is 2. The van der Waals surface area contributed by atoms with Crippen LogP contribution in [-0.4, -0.2) is 39.7 Å². The number of hydrogen-bond donors (Lipinski definition) is 2. The van der Waals surface area contributed by atoms with E-state index < -0.39 is 11.5 Å². The summed E-state index contributed by atoms with van der Waals surface area (Å²) in [6, 6.07) is 1.96. The van der Waals surface area contributed by atoms with Crippen LogP contribution in [-0.2, 0) is 4.79 Å². The molecule has 0 bridgehead atoms. The second-order valence-electron chi connectivity index (χ2n) is 5.52. The molecule has 0 spiro atoms. The Balaban J connectivity index is 2.27. The second-order valence-corrected chi connectivity index (χ2v) is 5.52. The maximum absolute atomic E-state index is 11.1. The largest absolute Gasteiger partial charge is 0.480 e. The number of nitrogens with two attached hydrogens (primary N) is 1. The van der Waals surface area contributed by atoms with E-state index in [4.69, 9.17) is 10.8 Å². The number of aliphatic carboxylic acids is 1. The molecule has 2 rings (SSSR count). The average molecular weight is 264 g/mol. The highest BCUT2D eigenvalue weighted by Gasteiger charge is 2.42. The Hall–Kier alpha value is -1.69. The van der Waals surface area contributed by atoms with Gasteiger partial charge in [0.05, 0.1) is 0 Å². The maximum atomic E-state index is 11.1. The van der Waals surface area contributed by atoms with Crippen molar-refractivity contribution in [2.45, 2.75) is 38.6 Å². The summed E-state index contributed by atoms with van der Waals surface area (Å²) in [5.74, 6) is -0.0748. The summed E-state index contributed by atoms with van der Waals surface area (Å²) in [7, 11) is 0. The Labute approximate surface area is 112 Å². The van der Waals surface area contributed by atoms with E-state index in [9.17, 15) is 4.79 Å². The lowest BCUT2D eigenvalue weighted by Gasteiger charge is -2.21. The molecule has 0 saturated carbocycles. The lowest BCUT2D eigenvalue weighted by molar-refractivity contribution is -0.142. The third-order valence-corrected chi connectivity index (χ3v) is 3.46. The monoisotopic (exact) mass is 264 g/mol. The first kappa shape index (κ1) is 13.7. The van der Waals surface area contributed by atoms with Crippen LogP contribution in [0.1, 0.15) is 37.6 Å². The van der Waals surface area contributed by atoms with Crippen LogP contribution in [0, 0.1) is 6.92 Å². The highest BCUT2D eigenvalue weighted by atomic mass is 16.4. The molecule has 6 heteroatoms. The van der Waals surface area contributed by atoms with E-state index in [1.807, 2.05) is 17.9 Å². The van der Waals surface area contributed by atoms with Crippen LogP contribution in [0.4, 0.5) is 5.95 Å². The van der Waals surface area contributed by atoms with Gasteiger partial charge in [-0.3, -0.25) is 4.79 Å². The summed E-state index contributed by atoms with van der Waals surface area (Å²) in [6.07, 6.45) is 0.413. The van der Waals surface area contributed by atoms with Gasteiger partial charge in [-0.25, -0.2) is 9.97 Å². The minimum Gasteiger partial charge on any atom is -0.480 e. The van der Waals surface area contributed by atoms with Gasteiger partial charge >= 0.3 is 5.97 Å². The molecule has 6 nitrogen and oxygen atoms in total. The molecular weight excluding hydrogens is 244 g/mol. The summed E-state index contributed by atoms with van der Waals surface area (Å²) in [4.78, 5) is 21.9. The van der Waals surface area contributed by atoms with E-state index >= 15 is 0 Å². The molecule has 19 heavy (non-hydrogen) atoms. The van der Waals surface area contributed by atoms with Gasteiger partial charge in [0.15, 0.2) is 0 Å². The van der Waals surface area contributed by atoms with Crippen molar-refractivity contribution in [1.82, 2.24) is 9.97 Å². The number of carboxylic acid groups (broad SMARTS) is 1. The smallest absolute Gasteiger partial charge is 0.325 e. The first-order valence-electron chi connectivity index (χ1n) is 6.44. The fourth-order valence-corrected chi connectivity index (χ4v) is 2.19. The molecule has 0 amide bonds. The quantitative estimate of drug-likeness (QED) is 0.842. The number of hydrogen-bond acceptors (Lipinski definition) is 5. The molecule has 1 atom stereocenters. The van der Waals surface area contributed by atoms with Crippen molar-refractivity contribution in [3.63, 3.8) is 0 Å². The van der Waals surface area contributed by atoms with Gasteiger partial charge in [-0.2, -0.15) is 0 Å². The van der Waals surface area contributed by atoms with Gasteiger partial charge in [-0.05, 0) is 25.3 Å². The number of carboxylic acids is 1. The van der Waals surface area contributed by atoms with Crippen molar-refractivity contribution >= 4 is 11.9 Å². The Morgan fingerprint density at radius 2 is 2.21 bits per heavy atom. The van der Waals surface area contributed by atoms with Gasteiger partial charge < -0.3 is 15.7 Å². The Morgan fingerprint density at radius 1 is 1.53 bits per heavy atom. The molecular formula is C13H20N4O2. The lowest BCUT2D eigenvalue weighted by Crippen LogP contribution is -2.50. The summed E-state index contributed by atoms with van der Waals surface area (Å²) >= 11 is 0. The van der Waals surface area contributed by atoms with Crippen LogP contribution in [0.25, 0.3) is 0 Å². The SMILES string of the molecule is Cc1cc(C(C)C)nc(N2CCC(N)(C(=O)O)C2)n1. The molecule has 1 aliphatic heterocycles. The van der Waals surface area contributed by atoms with Gasteiger partial charge in [-0.1, -0.05) is 13.8 Å². The van der Waals surface area contributed by atoms with E-state index in [0.717, 1.165) is 11.4 Å². The highest BCUT2D eigenvalue weighted by Crippen LogP contribution is 2.24. The number of aryl methyl sites for hydroxylation is 1. The summed E-state index contributed by atoms with van der Waals surface area (Å²) in [5.41, 5.74) is 6.53. The van der Waals surface area contributed by atoms with Gasteiger partial charge in [-0.15, -0.1) is 0 Å². The van der Waals surface area contributed by atoms with Crippen LogP contribution < -0.4 is 10.6 Å². The van der Waals surface area contributed by atoms with E-state index in [0.29, 0.717) is 24.8 Å². The van der Waals surface area contributed by atoms with Crippen molar-refractivity contribution < 1.29 is 9.90 Å². The second kappa shape index (κ2) is 4.77. The lowest BCUT2D eigenvalue weighted by atomic mass is 10.0. The van der Waals surface area contributed by atoms with Crippen molar-refractivity contribution in [3.8, 4) is 0 Å². The molecule has 0 radical (unpaired) electrons. The minimum absolute atomic E-state index is 0.253. The maximum Gasteiger partial charge on any atom is 0.325 e.